The normalized spacial score (nSPS) is 10.5. The monoisotopic (exact) mass is 278 g/mol. The number of aryl methyl sites for hydroxylation is 2. The minimum Gasteiger partial charge on any atom is -0.358 e. The molecule has 2 aromatic heterocycles. The van der Waals surface area contributed by atoms with Crippen LogP contribution in [-0.4, -0.2) is 24.7 Å². The summed E-state index contributed by atoms with van der Waals surface area (Å²) in [6.45, 7) is 4.68. The smallest absolute Gasteiger partial charge is 0.171 e. The van der Waals surface area contributed by atoms with E-state index in [1.165, 1.54) is 0 Å². The zero-order valence-corrected chi connectivity index (χ0v) is 12.4. The summed E-state index contributed by atoms with van der Waals surface area (Å²) >= 11 is 5.27. The molecule has 0 aliphatic carbocycles. The van der Waals surface area contributed by atoms with Gasteiger partial charge in [0.1, 0.15) is 0 Å². The molecule has 2 rings (SSSR count). The quantitative estimate of drug-likeness (QED) is 0.828. The van der Waals surface area contributed by atoms with Gasteiger partial charge in [0.15, 0.2) is 5.11 Å². The molecule has 19 heavy (non-hydrogen) atoms. The fraction of sp³-hybridized carbons (Fsp3) is 0.417. The Kier molecular flexibility index (Phi) is 3.84. The Morgan fingerprint density at radius 1 is 1.16 bits per heavy atom. The summed E-state index contributed by atoms with van der Waals surface area (Å²) in [4.78, 5) is 0. The summed E-state index contributed by atoms with van der Waals surface area (Å²) in [6, 6.07) is 0. The van der Waals surface area contributed by atoms with Gasteiger partial charge in [0, 0.05) is 31.9 Å². The van der Waals surface area contributed by atoms with Crippen LogP contribution in [0.4, 0.5) is 5.69 Å². The van der Waals surface area contributed by atoms with Crippen LogP contribution in [0.15, 0.2) is 12.4 Å². The molecule has 2 heterocycles. The van der Waals surface area contributed by atoms with Crippen molar-refractivity contribution < 1.29 is 0 Å². The summed E-state index contributed by atoms with van der Waals surface area (Å²) in [5, 5.41) is 15.2. The van der Waals surface area contributed by atoms with Gasteiger partial charge in [-0.3, -0.25) is 9.36 Å². The van der Waals surface area contributed by atoms with E-state index < -0.39 is 0 Å². The second-order valence-electron chi connectivity index (χ2n) is 4.45. The molecule has 7 heteroatoms. The average molecular weight is 278 g/mol. The van der Waals surface area contributed by atoms with Crippen LogP contribution in [0.2, 0.25) is 0 Å². The minimum atomic E-state index is 0.583. The first kappa shape index (κ1) is 13.5. The Balaban J connectivity index is 1.92. The first-order chi connectivity index (χ1) is 8.99. The number of hydrogen-bond donors (Lipinski definition) is 2. The maximum absolute atomic E-state index is 5.27. The lowest BCUT2D eigenvalue weighted by atomic mass is 10.2. The van der Waals surface area contributed by atoms with Gasteiger partial charge in [0.05, 0.1) is 23.8 Å². The Hall–Kier alpha value is -1.89. The SMILES string of the molecule is Cc1c(CNC(=S)Nc2cnn(C)c2C)cnn1C. The van der Waals surface area contributed by atoms with Crippen LogP contribution in [0.25, 0.3) is 0 Å². The number of nitrogens with zero attached hydrogens (tertiary/aromatic N) is 4. The summed E-state index contributed by atoms with van der Waals surface area (Å²) in [6.07, 6.45) is 3.61. The Morgan fingerprint density at radius 3 is 2.32 bits per heavy atom. The molecule has 6 nitrogen and oxygen atoms in total. The Labute approximate surface area is 117 Å². The lowest BCUT2D eigenvalue weighted by Gasteiger charge is -2.09. The van der Waals surface area contributed by atoms with Crippen LogP contribution < -0.4 is 10.6 Å². The standard InChI is InChI=1S/C12H18N6S/c1-8-10(6-14-17(8)3)5-13-12(19)16-11-7-15-18(4)9(11)2/h6-7H,5H2,1-4H3,(H2,13,16,19). The van der Waals surface area contributed by atoms with Gasteiger partial charge in [-0.15, -0.1) is 0 Å². The van der Waals surface area contributed by atoms with Gasteiger partial charge in [0.25, 0.3) is 0 Å². The number of anilines is 1. The van der Waals surface area contributed by atoms with E-state index in [4.69, 9.17) is 12.2 Å². The second-order valence-corrected chi connectivity index (χ2v) is 4.86. The predicted molar refractivity (Wildman–Crippen MR) is 79.0 cm³/mol. The van der Waals surface area contributed by atoms with Crippen molar-refractivity contribution >= 4 is 23.0 Å². The van der Waals surface area contributed by atoms with Gasteiger partial charge < -0.3 is 10.6 Å². The van der Waals surface area contributed by atoms with Crippen LogP contribution in [0, 0.1) is 13.8 Å². The topological polar surface area (TPSA) is 59.7 Å². The number of rotatable bonds is 3. The van der Waals surface area contributed by atoms with Crippen LogP contribution >= 0.6 is 12.2 Å². The summed E-state index contributed by atoms with van der Waals surface area (Å²) < 4.78 is 3.65. The Morgan fingerprint density at radius 2 is 1.79 bits per heavy atom. The predicted octanol–water partition coefficient (Wildman–Crippen LogP) is 1.26. The van der Waals surface area contributed by atoms with Crippen LogP contribution in [0.3, 0.4) is 0 Å². The molecule has 0 unspecified atom stereocenters. The van der Waals surface area contributed by atoms with Gasteiger partial charge in [0.2, 0.25) is 0 Å². The van der Waals surface area contributed by atoms with E-state index >= 15 is 0 Å². The third kappa shape index (κ3) is 2.93. The number of aromatic nitrogens is 4. The van der Waals surface area contributed by atoms with Gasteiger partial charge in [-0.1, -0.05) is 0 Å². The molecule has 102 valence electrons. The van der Waals surface area contributed by atoms with Crippen molar-refractivity contribution in [2.45, 2.75) is 20.4 Å². The lowest BCUT2D eigenvalue weighted by molar-refractivity contribution is 0.736. The third-order valence-corrected chi connectivity index (χ3v) is 3.51. The van der Waals surface area contributed by atoms with Gasteiger partial charge in [-0.05, 0) is 26.1 Å². The van der Waals surface area contributed by atoms with E-state index in [9.17, 15) is 0 Å². The van der Waals surface area contributed by atoms with Gasteiger partial charge >= 0.3 is 0 Å². The van der Waals surface area contributed by atoms with Crippen molar-refractivity contribution in [2.24, 2.45) is 14.1 Å². The van der Waals surface area contributed by atoms with E-state index in [0.717, 1.165) is 22.6 Å². The zero-order valence-electron chi connectivity index (χ0n) is 11.6. The van der Waals surface area contributed by atoms with Crippen molar-refractivity contribution in [1.82, 2.24) is 24.9 Å². The molecule has 0 atom stereocenters. The molecule has 0 saturated heterocycles. The first-order valence-electron chi connectivity index (χ1n) is 6.00. The molecule has 0 aromatic carbocycles. The summed E-state index contributed by atoms with van der Waals surface area (Å²) in [5.74, 6) is 0. The van der Waals surface area contributed by atoms with E-state index in [0.29, 0.717) is 11.7 Å². The molecule has 0 bridgehead atoms. The largest absolute Gasteiger partial charge is 0.358 e. The van der Waals surface area contributed by atoms with Crippen molar-refractivity contribution in [1.29, 1.82) is 0 Å². The second kappa shape index (κ2) is 5.40. The van der Waals surface area contributed by atoms with E-state index in [1.54, 1.807) is 10.9 Å². The fourth-order valence-electron chi connectivity index (χ4n) is 1.68. The highest BCUT2D eigenvalue weighted by atomic mass is 32.1. The number of hydrogen-bond acceptors (Lipinski definition) is 3. The molecule has 0 aliphatic heterocycles. The van der Waals surface area contributed by atoms with Crippen LogP contribution in [0.1, 0.15) is 17.0 Å². The average Bonchev–Trinajstić information content (AvgIpc) is 2.86. The highest BCUT2D eigenvalue weighted by Gasteiger charge is 2.07. The van der Waals surface area contributed by atoms with Crippen molar-refractivity contribution in [3.8, 4) is 0 Å². The minimum absolute atomic E-state index is 0.583. The summed E-state index contributed by atoms with van der Waals surface area (Å²) in [5.41, 5.74) is 4.23. The maximum Gasteiger partial charge on any atom is 0.171 e. The fourth-order valence-corrected chi connectivity index (χ4v) is 1.86. The summed E-state index contributed by atoms with van der Waals surface area (Å²) in [7, 11) is 3.82. The van der Waals surface area contributed by atoms with Crippen molar-refractivity contribution in [2.75, 3.05) is 5.32 Å². The van der Waals surface area contributed by atoms with Crippen LogP contribution in [-0.2, 0) is 20.6 Å². The van der Waals surface area contributed by atoms with Crippen molar-refractivity contribution in [3.63, 3.8) is 0 Å². The molecular weight excluding hydrogens is 260 g/mol. The molecule has 0 radical (unpaired) electrons. The molecule has 0 aliphatic rings. The highest BCUT2D eigenvalue weighted by Crippen LogP contribution is 2.12. The zero-order chi connectivity index (χ0) is 14.0. The number of thiocarbonyl (C=S) groups is 1. The van der Waals surface area contributed by atoms with E-state index in [1.807, 2.05) is 38.8 Å². The molecule has 0 saturated carbocycles. The first-order valence-corrected chi connectivity index (χ1v) is 6.40. The van der Waals surface area contributed by atoms with Crippen LogP contribution in [0.5, 0.6) is 0 Å². The molecule has 0 fully saturated rings. The maximum atomic E-state index is 5.27. The molecule has 2 aromatic rings. The number of nitrogens with one attached hydrogen (secondary N) is 2. The van der Waals surface area contributed by atoms with Crippen molar-refractivity contribution in [3.05, 3.63) is 29.3 Å². The third-order valence-electron chi connectivity index (χ3n) is 3.26. The molecular formula is C12H18N6S. The molecule has 0 amide bonds. The lowest BCUT2D eigenvalue weighted by Crippen LogP contribution is -2.28. The van der Waals surface area contributed by atoms with Gasteiger partial charge in [-0.25, -0.2) is 0 Å². The molecule has 2 N–H and O–H groups in total. The molecule has 0 spiro atoms. The highest BCUT2D eigenvalue weighted by molar-refractivity contribution is 7.80. The van der Waals surface area contributed by atoms with E-state index in [2.05, 4.69) is 20.8 Å². The Bertz CT molecular complexity index is 597. The van der Waals surface area contributed by atoms with Gasteiger partial charge in [-0.2, -0.15) is 10.2 Å². The van der Waals surface area contributed by atoms with E-state index in [-0.39, 0.29) is 0 Å².